The molecule has 0 bridgehead atoms. The fourth-order valence-electron chi connectivity index (χ4n) is 2.48. The van der Waals surface area contributed by atoms with Gasteiger partial charge in [-0.15, -0.1) is 0 Å². The third-order valence-corrected chi connectivity index (χ3v) is 5.48. The van der Waals surface area contributed by atoms with Gasteiger partial charge in [0.25, 0.3) is 0 Å². The smallest absolute Gasteiger partial charge is 0.0650 e. The minimum atomic E-state index is 0.209. The molecule has 0 aromatic heterocycles. The van der Waals surface area contributed by atoms with Crippen LogP contribution in [-0.2, 0) is 0 Å². The quantitative estimate of drug-likeness (QED) is 0.445. The Kier molecular flexibility index (Phi) is 3.95. The maximum Gasteiger partial charge on any atom is 0.0650 e. The fraction of sp³-hybridized carbons (Fsp3) is 0.111. The second-order valence-corrected chi connectivity index (χ2v) is 6.71. The van der Waals surface area contributed by atoms with Crippen molar-refractivity contribution in [3.8, 4) is 0 Å². The van der Waals surface area contributed by atoms with E-state index in [1.54, 1.807) is 0 Å². The molecule has 20 heavy (non-hydrogen) atoms. The molecule has 0 spiro atoms. The lowest BCUT2D eigenvalue weighted by atomic mass is 9.97. The molecule has 1 atom stereocenters. The highest BCUT2D eigenvalue weighted by atomic mass is 79.9. The summed E-state index contributed by atoms with van der Waals surface area (Å²) in [4.78, 5) is 0.209. The Bertz CT molecular complexity index is 757. The molecule has 0 aliphatic rings. The molecule has 0 aliphatic carbocycles. The van der Waals surface area contributed by atoms with Crippen molar-refractivity contribution in [1.29, 1.82) is 0 Å². The first kappa shape index (κ1) is 13.8. The number of halogens is 2. The van der Waals surface area contributed by atoms with Crippen LogP contribution >= 0.6 is 31.9 Å². The van der Waals surface area contributed by atoms with Crippen LogP contribution in [-0.4, -0.2) is 0 Å². The SMILES string of the molecule is Cc1cc(C(Br)c2cccc3ccccc23)ccc1Br. The Morgan fingerprint density at radius 2 is 1.65 bits per heavy atom. The molecule has 100 valence electrons. The van der Waals surface area contributed by atoms with E-state index >= 15 is 0 Å². The Morgan fingerprint density at radius 3 is 2.45 bits per heavy atom. The lowest BCUT2D eigenvalue weighted by molar-refractivity contribution is 1.18. The summed E-state index contributed by atoms with van der Waals surface area (Å²) in [7, 11) is 0. The predicted octanol–water partition coefficient (Wildman–Crippen LogP) is 6.40. The van der Waals surface area contributed by atoms with E-state index in [4.69, 9.17) is 0 Å². The summed E-state index contributed by atoms with van der Waals surface area (Å²) >= 11 is 7.42. The Hall–Kier alpha value is -1.12. The molecule has 0 nitrogen and oxygen atoms in total. The minimum absolute atomic E-state index is 0.209. The number of hydrogen-bond acceptors (Lipinski definition) is 0. The van der Waals surface area contributed by atoms with Gasteiger partial charge in [-0.2, -0.15) is 0 Å². The minimum Gasteiger partial charge on any atom is -0.0786 e. The van der Waals surface area contributed by atoms with Crippen LogP contribution in [0.5, 0.6) is 0 Å². The van der Waals surface area contributed by atoms with E-state index in [1.807, 2.05) is 0 Å². The van der Waals surface area contributed by atoms with E-state index < -0.39 is 0 Å². The van der Waals surface area contributed by atoms with Gasteiger partial charge in [0.15, 0.2) is 0 Å². The molecule has 0 N–H and O–H groups in total. The van der Waals surface area contributed by atoms with E-state index in [-0.39, 0.29) is 4.83 Å². The predicted molar refractivity (Wildman–Crippen MR) is 93.6 cm³/mol. The second kappa shape index (κ2) is 5.71. The van der Waals surface area contributed by atoms with Crippen LogP contribution in [0.2, 0.25) is 0 Å². The summed E-state index contributed by atoms with van der Waals surface area (Å²) in [6.45, 7) is 2.12. The first-order valence-electron chi connectivity index (χ1n) is 6.54. The molecular weight excluding hydrogens is 376 g/mol. The van der Waals surface area contributed by atoms with Crippen LogP contribution in [0.1, 0.15) is 21.5 Å². The zero-order valence-electron chi connectivity index (χ0n) is 11.1. The molecular formula is C18H14Br2. The van der Waals surface area contributed by atoms with Crippen molar-refractivity contribution in [2.75, 3.05) is 0 Å². The van der Waals surface area contributed by atoms with Crippen LogP contribution < -0.4 is 0 Å². The van der Waals surface area contributed by atoms with Crippen LogP contribution in [0.25, 0.3) is 10.8 Å². The number of benzene rings is 3. The second-order valence-electron chi connectivity index (χ2n) is 4.94. The van der Waals surface area contributed by atoms with E-state index in [0.717, 1.165) is 4.47 Å². The first-order valence-corrected chi connectivity index (χ1v) is 8.25. The van der Waals surface area contributed by atoms with Gasteiger partial charge in [-0.3, -0.25) is 0 Å². The summed E-state index contributed by atoms with van der Waals surface area (Å²) in [5, 5.41) is 2.58. The van der Waals surface area contributed by atoms with E-state index in [2.05, 4.69) is 99.4 Å². The highest BCUT2D eigenvalue weighted by Gasteiger charge is 2.13. The number of rotatable bonds is 2. The van der Waals surface area contributed by atoms with Gasteiger partial charge in [0.1, 0.15) is 0 Å². The van der Waals surface area contributed by atoms with Crippen molar-refractivity contribution in [3.63, 3.8) is 0 Å². The zero-order chi connectivity index (χ0) is 14.1. The average Bonchev–Trinajstić information content (AvgIpc) is 2.49. The van der Waals surface area contributed by atoms with Crippen molar-refractivity contribution >= 4 is 42.6 Å². The van der Waals surface area contributed by atoms with Crippen molar-refractivity contribution in [2.24, 2.45) is 0 Å². The van der Waals surface area contributed by atoms with Crippen molar-refractivity contribution < 1.29 is 0 Å². The monoisotopic (exact) mass is 388 g/mol. The highest BCUT2D eigenvalue weighted by Crippen LogP contribution is 2.36. The standard InChI is InChI=1S/C18H14Br2/c1-12-11-14(9-10-17(12)19)18(20)16-8-4-6-13-5-2-3-7-15(13)16/h2-11,18H,1H3. The molecule has 0 heterocycles. The molecule has 0 aliphatic heterocycles. The molecule has 0 saturated carbocycles. The van der Waals surface area contributed by atoms with Gasteiger partial charge in [0.2, 0.25) is 0 Å². The topological polar surface area (TPSA) is 0 Å². The Labute approximate surface area is 136 Å². The molecule has 3 rings (SSSR count). The van der Waals surface area contributed by atoms with Gasteiger partial charge in [-0.05, 0) is 40.5 Å². The molecule has 2 heteroatoms. The van der Waals surface area contributed by atoms with E-state index in [9.17, 15) is 0 Å². The van der Waals surface area contributed by atoms with Crippen LogP contribution in [0.3, 0.4) is 0 Å². The van der Waals surface area contributed by atoms with Gasteiger partial charge in [-0.25, -0.2) is 0 Å². The average molecular weight is 390 g/mol. The maximum atomic E-state index is 3.86. The molecule has 0 radical (unpaired) electrons. The van der Waals surface area contributed by atoms with Gasteiger partial charge >= 0.3 is 0 Å². The van der Waals surface area contributed by atoms with Gasteiger partial charge in [-0.1, -0.05) is 86.5 Å². The Morgan fingerprint density at radius 1 is 0.900 bits per heavy atom. The summed E-state index contributed by atoms with van der Waals surface area (Å²) in [6.07, 6.45) is 0. The molecule has 1 unspecified atom stereocenters. The maximum absolute atomic E-state index is 3.86. The highest BCUT2D eigenvalue weighted by molar-refractivity contribution is 9.10. The van der Waals surface area contributed by atoms with Gasteiger partial charge in [0, 0.05) is 4.47 Å². The molecule has 0 amide bonds. The number of fused-ring (bicyclic) bond motifs is 1. The molecule has 0 fully saturated rings. The summed E-state index contributed by atoms with van der Waals surface area (Å²) in [6, 6.07) is 21.5. The lowest BCUT2D eigenvalue weighted by Gasteiger charge is -2.15. The van der Waals surface area contributed by atoms with Crippen molar-refractivity contribution in [3.05, 3.63) is 81.8 Å². The van der Waals surface area contributed by atoms with E-state index in [1.165, 1.54) is 27.5 Å². The largest absolute Gasteiger partial charge is 0.0786 e. The zero-order valence-corrected chi connectivity index (χ0v) is 14.3. The van der Waals surface area contributed by atoms with Crippen LogP contribution in [0.15, 0.2) is 65.1 Å². The summed E-state index contributed by atoms with van der Waals surface area (Å²) in [5.74, 6) is 0. The third kappa shape index (κ3) is 2.55. The number of aryl methyl sites for hydroxylation is 1. The third-order valence-electron chi connectivity index (χ3n) is 3.57. The number of hydrogen-bond donors (Lipinski definition) is 0. The molecule has 3 aromatic carbocycles. The Balaban J connectivity index is 2.12. The van der Waals surface area contributed by atoms with E-state index in [0.29, 0.717) is 0 Å². The van der Waals surface area contributed by atoms with Crippen LogP contribution in [0.4, 0.5) is 0 Å². The lowest BCUT2D eigenvalue weighted by Crippen LogP contribution is -1.95. The normalized spacial score (nSPS) is 12.6. The first-order chi connectivity index (χ1) is 9.66. The molecule has 3 aromatic rings. The fourth-order valence-corrected chi connectivity index (χ4v) is 3.41. The molecule has 0 saturated heterocycles. The van der Waals surface area contributed by atoms with Crippen LogP contribution in [0, 0.1) is 6.92 Å². The van der Waals surface area contributed by atoms with Gasteiger partial charge < -0.3 is 0 Å². The summed E-state index contributed by atoms with van der Waals surface area (Å²) < 4.78 is 1.15. The van der Waals surface area contributed by atoms with Gasteiger partial charge in [0.05, 0.1) is 4.83 Å². The van der Waals surface area contributed by atoms with Crippen molar-refractivity contribution in [1.82, 2.24) is 0 Å². The number of alkyl halides is 1. The van der Waals surface area contributed by atoms with Crippen molar-refractivity contribution in [2.45, 2.75) is 11.8 Å². The summed E-state index contributed by atoms with van der Waals surface area (Å²) in [5.41, 5.74) is 3.85.